The van der Waals surface area contributed by atoms with Crippen molar-refractivity contribution in [2.75, 3.05) is 23.7 Å². The quantitative estimate of drug-likeness (QED) is 0.454. The summed E-state index contributed by atoms with van der Waals surface area (Å²) in [6.45, 7) is 7.52. The lowest BCUT2D eigenvalue weighted by Crippen LogP contribution is -2.39. The van der Waals surface area contributed by atoms with Crippen molar-refractivity contribution in [3.05, 3.63) is 40.2 Å². The summed E-state index contributed by atoms with van der Waals surface area (Å²) in [6, 6.07) is 8.16. The molecule has 11 heteroatoms. The summed E-state index contributed by atoms with van der Waals surface area (Å²) in [6.07, 6.45) is 5.61. The zero-order chi connectivity index (χ0) is 27.0. The summed E-state index contributed by atoms with van der Waals surface area (Å²) in [5, 5.41) is 30.7. The molecule has 38 heavy (non-hydrogen) atoms. The summed E-state index contributed by atoms with van der Waals surface area (Å²) in [5.74, 6) is 1.06. The number of fused-ring (bicyclic) bond motifs is 1. The number of piperidine rings is 1. The molecule has 1 aliphatic heterocycles. The molecule has 0 spiro atoms. The van der Waals surface area contributed by atoms with Crippen LogP contribution in [0.5, 0.6) is 0 Å². The van der Waals surface area contributed by atoms with Crippen molar-refractivity contribution in [3.63, 3.8) is 0 Å². The highest BCUT2D eigenvalue weighted by molar-refractivity contribution is 6.34. The van der Waals surface area contributed by atoms with Crippen LogP contribution in [-0.2, 0) is 4.79 Å². The van der Waals surface area contributed by atoms with Gasteiger partial charge in [-0.25, -0.2) is 4.98 Å². The Morgan fingerprint density at radius 1 is 1.16 bits per heavy atom. The van der Waals surface area contributed by atoms with Gasteiger partial charge in [-0.15, -0.1) is 5.10 Å². The van der Waals surface area contributed by atoms with Gasteiger partial charge in [0.25, 0.3) is 0 Å². The Balaban J connectivity index is 1.41. The molecular weight excluding hydrogens is 502 g/mol. The van der Waals surface area contributed by atoms with Crippen molar-refractivity contribution in [1.29, 1.82) is 10.5 Å². The second-order valence-electron chi connectivity index (χ2n) is 11.2. The number of nitrogens with one attached hydrogen (secondary N) is 2. The Morgan fingerprint density at radius 2 is 1.89 bits per heavy atom. The standard InChI is InChI=1S/C27H30ClN9O/c1-27(2,3)12-22(38)36-8-6-17(7-9-36)20-10-16(13-29)11-21(23(20)28)33-26-34-24(32-18-4-5-18)25-31-15-19(14-30)37(25)35-26/h10-11,15,17-18H,4-9,12H2,1-3H3,(H2,32,33,34,35). The molecular formula is C27H30ClN9O. The Bertz CT molecular complexity index is 1460. The fraction of sp³-hybridized carbons (Fsp3) is 0.481. The van der Waals surface area contributed by atoms with Gasteiger partial charge in [0.05, 0.1) is 28.5 Å². The zero-order valence-corrected chi connectivity index (χ0v) is 22.5. The number of carbonyl (C=O) groups is 1. The van der Waals surface area contributed by atoms with Gasteiger partial charge in [-0.3, -0.25) is 4.79 Å². The topological polar surface area (TPSA) is 135 Å². The van der Waals surface area contributed by atoms with Crippen LogP contribution in [0.4, 0.5) is 17.5 Å². The second kappa shape index (κ2) is 10.1. The number of anilines is 3. The molecule has 1 aliphatic carbocycles. The molecule has 1 aromatic carbocycles. The normalized spacial score (nSPS) is 16.2. The Morgan fingerprint density at radius 3 is 2.53 bits per heavy atom. The average Bonchev–Trinajstić information content (AvgIpc) is 3.60. The number of amides is 1. The summed E-state index contributed by atoms with van der Waals surface area (Å²) >= 11 is 6.90. The summed E-state index contributed by atoms with van der Waals surface area (Å²) in [5.41, 5.74) is 2.56. The van der Waals surface area contributed by atoms with E-state index in [0.29, 0.717) is 53.3 Å². The van der Waals surface area contributed by atoms with E-state index >= 15 is 0 Å². The monoisotopic (exact) mass is 531 g/mol. The van der Waals surface area contributed by atoms with Crippen LogP contribution < -0.4 is 10.6 Å². The number of likely N-dealkylation sites (tertiary alicyclic amines) is 1. The Labute approximate surface area is 226 Å². The highest BCUT2D eigenvalue weighted by atomic mass is 35.5. The van der Waals surface area contributed by atoms with Gasteiger partial charge >= 0.3 is 0 Å². The lowest BCUT2D eigenvalue weighted by Gasteiger charge is -2.34. The van der Waals surface area contributed by atoms with Crippen LogP contribution in [0.2, 0.25) is 5.02 Å². The van der Waals surface area contributed by atoms with E-state index in [1.165, 1.54) is 10.7 Å². The number of hydrogen-bond acceptors (Lipinski definition) is 8. The molecule has 10 nitrogen and oxygen atoms in total. The smallest absolute Gasteiger partial charge is 0.247 e. The van der Waals surface area contributed by atoms with Crippen LogP contribution in [0.25, 0.3) is 5.65 Å². The van der Waals surface area contributed by atoms with E-state index in [1.54, 1.807) is 6.07 Å². The van der Waals surface area contributed by atoms with Crippen LogP contribution in [-0.4, -0.2) is 49.5 Å². The molecule has 0 atom stereocenters. The molecule has 0 unspecified atom stereocenters. The van der Waals surface area contributed by atoms with E-state index in [1.807, 2.05) is 11.0 Å². The lowest BCUT2D eigenvalue weighted by atomic mass is 9.87. The van der Waals surface area contributed by atoms with Gasteiger partial charge in [-0.1, -0.05) is 32.4 Å². The van der Waals surface area contributed by atoms with Crippen molar-refractivity contribution >= 4 is 40.6 Å². The van der Waals surface area contributed by atoms with Crippen LogP contribution in [0.1, 0.15) is 75.6 Å². The fourth-order valence-corrected chi connectivity index (χ4v) is 5.06. The number of benzene rings is 1. The maximum Gasteiger partial charge on any atom is 0.247 e. The van der Waals surface area contributed by atoms with Crippen molar-refractivity contribution in [2.45, 2.75) is 64.8 Å². The maximum atomic E-state index is 12.7. The first kappa shape index (κ1) is 25.7. The van der Waals surface area contributed by atoms with E-state index in [0.717, 1.165) is 31.2 Å². The van der Waals surface area contributed by atoms with Crippen LogP contribution in [0.3, 0.4) is 0 Å². The third kappa shape index (κ3) is 5.51. The van der Waals surface area contributed by atoms with Crippen molar-refractivity contribution in [2.24, 2.45) is 5.41 Å². The predicted octanol–water partition coefficient (Wildman–Crippen LogP) is 4.98. The predicted molar refractivity (Wildman–Crippen MR) is 144 cm³/mol. The third-order valence-electron chi connectivity index (χ3n) is 6.84. The van der Waals surface area contributed by atoms with Gasteiger partial charge in [0.1, 0.15) is 6.07 Å². The Hall–Kier alpha value is -3.89. The second-order valence-corrected chi connectivity index (χ2v) is 11.6. The molecule has 0 bridgehead atoms. The minimum atomic E-state index is -0.0528. The SMILES string of the molecule is CC(C)(C)CC(=O)N1CCC(c2cc(C#N)cc(Nc3nc(NC4CC4)c4ncc(C#N)n4n3)c2Cl)CC1. The number of rotatable bonds is 6. The number of halogens is 1. The number of hydrogen-bond donors (Lipinski definition) is 2. The summed E-state index contributed by atoms with van der Waals surface area (Å²) in [7, 11) is 0. The highest BCUT2D eigenvalue weighted by Gasteiger charge is 2.29. The fourth-order valence-electron chi connectivity index (χ4n) is 4.75. The summed E-state index contributed by atoms with van der Waals surface area (Å²) in [4.78, 5) is 23.5. The number of imidazole rings is 1. The van der Waals surface area contributed by atoms with Crippen LogP contribution in [0.15, 0.2) is 18.3 Å². The zero-order valence-electron chi connectivity index (χ0n) is 21.8. The largest absolute Gasteiger partial charge is 0.364 e. The molecule has 0 radical (unpaired) electrons. The molecule has 1 saturated carbocycles. The molecule has 2 aliphatic rings. The van der Waals surface area contributed by atoms with Gasteiger partial charge < -0.3 is 15.5 Å². The maximum absolute atomic E-state index is 12.7. The number of nitrogens with zero attached hydrogens (tertiary/aromatic N) is 7. The molecule has 2 fully saturated rings. The van der Waals surface area contributed by atoms with Crippen LogP contribution >= 0.6 is 11.6 Å². The van der Waals surface area contributed by atoms with Crippen LogP contribution in [0, 0.1) is 28.1 Å². The highest BCUT2D eigenvalue weighted by Crippen LogP contribution is 2.39. The molecule has 3 aromatic rings. The molecule has 1 saturated heterocycles. The molecule has 2 aromatic heterocycles. The first-order valence-corrected chi connectivity index (χ1v) is 13.2. The van der Waals surface area contributed by atoms with E-state index in [-0.39, 0.29) is 28.9 Å². The number of nitriles is 2. The third-order valence-corrected chi connectivity index (χ3v) is 7.26. The van der Waals surface area contributed by atoms with Crippen molar-refractivity contribution in [3.8, 4) is 12.1 Å². The van der Waals surface area contributed by atoms with Gasteiger partial charge in [-0.05, 0) is 54.7 Å². The first-order chi connectivity index (χ1) is 18.1. The van der Waals surface area contributed by atoms with Crippen molar-refractivity contribution < 1.29 is 4.79 Å². The molecule has 5 rings (SSSR count). The number of aromatic nitrogens is 4. The van der Waals surface area contributed by atoms with Gasteiger partial charge in [0, 0.05) is 25.6 Å². The van der Waals surface area contributed by atoms with Gasteiger partial charge in [-0.2, -0.15) is 20.0 Å². The Kier molecular flexibility index (Phi) is 6.85. The first-order valence-electron chi connectivity index (χ1n) is 12.9. The molecule has 2 N–H and O–H groups in total. The summed E-state index contributed by atoms with van der Waals surface area (Å²) < 4.78 is 1.45. The van der Waals surface area contributed by atoms with Crippen molar-refractivity contribution in [1.82, 2.24) is 24.5 Å². The minimum absolute atomic E-state index is 0.0528. The number of carbonyl (C=O) groups excluding carboxylic acids is 1. The van der Waals surface area contributed by atoms with E-state index in [2.05, 4.69) is 58.6 Å². The van der Waals surface area contributed by atoms with E-state index in [9.17, 15) is 15.3 Å². The van der Waals surface area contributed by atoms with Gasteiger partial charge in [0.2, 0.25) is 11.9 Å². The molecule has 1 amide bonds. The van der Waals surface area contributed by atoms with E-state index < -0.39 is 0 Å². The lowest BCUT2D eigenvalue weighted by molar-refractivity contribution is -0.134. The minimum Gasteiger partial charge on any atom is -0.364 e. The van der Waals surface area contributed by atoms with E-state index in [4.69, 9.17) is 11.6 Å². The average molecular weight is 532 g/mol. The molecule has 3 heterocycles. The van der Waals surface area contributed by atoms with Gasteiger partial charge in [0.15, 0.2) is 17.2 Å². The molecule has 196 valence electrons.